The van der Waals surface area contributed by atoms with Gasteiger partial charge in [0.2, 0.25) is 0 Å². The lowest BCUT2D eigenvalue weighted by atomic mass is 10.1. The second-order valence-corrected chi connectivity index (χ2v) is 7.84. The summed E-state index contributed by atoms with van der Waals surface area (Å²) >= 11 is 0. The summed E-state index contributed by atoms with van der Waals surface area (Å²) in [5, 5.41) is 12.7. The van der Waals surface area contributed by atoms with Crippen molar-refractivity contribution < 1.29 is 18.3 Å². The van der Waals surface area contributed by atoms with E-state index < -0.39 is 15.9 Å². The summed E-state index contributed by atoms with van der Waals surface area (Å²) in [4.78, 5) is 12.3. The maximum atomic E-state index is 12.1. The van der Waals surface area contributed by atoms with Gasteiger partial charge in [0.1, 0.15) is 0 Å². The number of carbonyl (C=O) groups excluding carboxylic acids is 1. The summed E-state index contributed by atoms with van der Waals surface area (Å²) in [6, 6.07) is 13.2. The molecule has 1 atom stereocenters. The largest absolute Gasteiger partial charge is 0.387 e. The van der Waals surface area contributed by atoms with Crippen molar-refractivity contribution in [2.24, 2.45) is 0 Å². The van der Waals surface area contributed by atoms with Gasteiger partial charge in [0.05, 0.1) is 16.8 Å². The Morgan fingerprint density at radius 3 is 2.21 bits per heavy atom. The number of hydrogen-bond acceptors (Lipinski definition) is 4. The van der Waals surface area contributed by atoms with Crippen LogP contribution in [0.25, 0.3) is 0 Å². The predicted molar refractivity (Wildman–Crippen MR) is 92.6 cm³/mol. The highest BCUT2D eigenvalue weighted by molar-refractivity contribution is 7.91. The first kappa shape index (κ1) is 18.2. The van der Waals surface area contributed by atoms with Crippen LogP contribution in [0.3, 0.4) is 0 Å². The number of benzene rings is 2. The Morgan fingerprint density at radius 1 is 1.08 bits per heavy atom. The average Bonchev–Trinajstić information content (AvgIpc) is 2.60. The molecule has 0 aliphatic carbocycles. The highest BCUT2D eigenvalue weighted by Gasteiger charge is 2.14. The summed E-state index contributed by atoms with van der Waals surface area (Å²) in [7, 11) is -3.28. The van der Waals surface area contributed by atoms with Gasteiger partial charge in [-0.1, -0.05) is 36.8 Å². The highest BCUT2D eigenvalue weighted by atomic mass is 32.2. The summed E-state index contributed by atoms with van der Waals surface area (Å²) in [6.07, 6.45) is -0.797. The Balaban J connectivity index is 1.98. The van der Waals surface area contributed by atoms with Crippen LogP contribution in [0.5, 0.6) is 0 Å². The van der Waals surface area contributed by atoms with Crippen molar-refractivity contribution in [3.63, 3.8) is 0 Å². The topological polar surface area (TPSA) is 83.5 Å². The van der Waals surface area contributed by atoms with E-state index in [1.807, 2.05) is 31.2 Å². The van der Waals surface area contributed by atoms with E-state index in [0.717, 1.165) is 11.1 Å². The molecule has 0 aliphatic rings. The summed E-state index contributed by atoms with van der Waals surface area (Å²) in [5.41, 5.74) is 2.17. The summed E-state index contributed by atoms with van der Waals surface area (Å²) in [6.45, 7) is 3.61. The van der Waals surface area contributed by atoms with Crippen LogP contribution in [0.2, 0.25) is 0 Å². The van der Waals surface area contributed by atoms with Crippen LogP contribution >= 0.6 is 0 Å². The van der Waals surface area contributed by atoms with Gasteiger partial charge in [0.15, 0.2) is 9.84 Å². The monoisotopic (exact) mass is 347 g/mol. The summed E-state index contributed by atoms with van der Waals surface area (Å²) in [5.74, 6) is -0.344. The van der Waals surface area contributed by atoms with Crippen LogP contribution in [-0.2, 0) is 9.84 Å². The molecule has 2 aromatic rings. The van der Waals surface area contributed by atoms with Gasteiger partial charge in [-0.15, -0.1) is 0 Å². The van der Waals surface area contributed by atoms with Gasteiger partial charge in [-0.05, 0) is 36.8 Å². The molecule has 0 bridgehead atoms. The molecule has 5 nitrogen and oxygen atoms in total. The second-order valence-electron chi connectivity index (χ2n) is 5.56. The van der Waals surface area contributed by atoms with Gasteiger partial charge in [-0.3, -0.25) is 4.79 Å². The van der Waals surface area contributed by atoms with E-state index in [1.54, 1.807) is 6.92 Å². The highest BCUT2D eigenvalue weighted by Crippen LogP contribution is 2.14. The zero-order chi connectivity index (χ0) is 17.7. The molecule has 0 saturated heterocycles. The van der Waals surface area contributed by atoms with Gasteiger partial charge < -0.3 is 10.4 Å². The Labute approximate surface area is 142 Å². The van der Waals surface area contributed by atoms with Crippen LogP contribution in [0.1, 0.15) is 34.5 Å². The first-order chi connectivity index (χ1) is 11.3. The molecule has 128 valence electrons. The molecule has 0 aromatic heterocycles. The van der Waals surface area contributed by atoms with Gasteiger partial charge >= 0.3 is 0 Å². The molecule has 0 aliphatic heterocycles. The predicted octanol–water partition coefficient (Wildman–Crippen LogP) is 2.25. The van der Waals surface area contributed by atoms with Gasteiger partial charge in [-0.25, -0.2) is 8.42 Å². The molecular weight excluding hydrogens is 326 g/mol. The van der Waals surface area contributed by atoms with Crippen molar-refractivity contribution in [3.8, 4) is 0 Å². The molecule has 0 heterocycles. The third-order valence-corrected chi connectivity index (χ3v) is 5.52. The van der Waals surface area contributed by atoms with Crippen LogP contribution < -0.4 is 5.32 Å². The molecule has 0 unspecified atom stereocenters. The van der Waals surface area contributed by atoms with Crippen molar-refractivity contribution in [2.75, 3.05) is 12.3 Å². The quantitative estimate of drug-likeness (QED) is 0.839. The number of aliphatic hydroxyl groups is 1. The van der Waals surface area contributed by atoms with Gasteiger partial charge in [0.25, 0.3) is 5.91 Å². The molecule has 0 radical (unpaired) electrons. The van der Waals surface area contributed by atoms with Gasteiger partial charge in [0, 0.05) is 12.1 Å². The van der Waals surface area contributed by atoms with Crippen LogP contribution in [0.4, 0.5) is 0 Å². The minimum atomic E-state index is -3.28. The molecule has 0 spiro atoms. The van der Waals surface area contributed by atoms with Crippen LogP contribution in [0, 0.1) is 6.92 Å². The fraction of sp³-hybridized carbons (Fsp3) is 0.278. The van der Waals surface area contributed by atoms with E-state index >= 15 is 0 Å². The molecule has 0 saturated carbocycles. The lowest BCUT2D eigenvalue weighted by molar-refractivity contribution is 0.0916. The molecule has 6 heteroatoms. The third-order valence-electron chi connectivity index (χ3n) is 3.77. The van der Waals surface area contributed by atoms with Crippen molar-refractivity contribution in [2.45, 2.75) is 24.8 Å². The molecule has 2 rings (SSSR count). The molecule has 0 fully saturated rings. The molecule has 1 amide bonds. The lowest BCUT2D eigenvalue weighted by Gasteiger charge is -2.13. The number of nitrogens with one attached hydrogen (secondary N) is 1. The molecule has 24 heavy (non-hydrogen) atoms. The van der Waals surface area contributed by atoms with E-state index in [9.17, 15) is 18.3 Å². The maximum Gasteiger partial charge on any atom is 0.251 e. The number of amides is 1. The van der Waals surface area contributed by atoms with Gasteiger partial charge in [-0.2, -0.15) is 0 Å². The Kier molecular flexibility index (Phi) is 5.75. The first-order valence-electron chi connectivity index (χ1n) is 7.69. The van der Waals surface area contributed by atoms with Crippen LogP contribution in [-0.4, -0.2) is 31.7 Å². The van der Waals surface area contributed by atoms with E-state index in [0.29, 0.717) is 5.56 Å². The Bertz CT molecular complexity index is 796. The third kappa shape index (κ3) is 4.43. The Morgan fingerprint density at radius 2 is 1.67 bits per heavy atom. The maximum absolute atomic E-state index is 12.1. The molecule has 2 N–H and O–H groups in total. The standard InChI is InChI=1S/C18H21NO4S/c1-3-24(22,23)16-10-8-15(9-11-16)18(21)19-12-17(20)14-6-4-13(2)5-7-14/h4-11,17,20H,3,12H2,1-2H3,(H,19,21)/t17-/m0/s1. The lowest BCUT2D eigenvalue weighted by Crippen LogP contribution is -2.28. The van der Waals surface area contributed by atoms with E-state index in [4.69, 9.17) is 0 Å². The Hall–Kier alpha value is -2.18. The van der Waals surface area contributed by atoms with E-state index in [1.165, 1.54) is 24.3 Å². The molecular formula is C18H21NO4S. The minimum absolute atomic E-state index is 0.0152. The summed E-state index contributed by atoms with van der Waals surface area (Å²) < 4.78 is 23.5. The second kappa shape index (κ2) is 7.59. The van der Waals surface area contributed by atoms with Crippen molar-refractivity contribution in [1.29, 1.82) is 0 Å². The fourth-order valence-electron chi connectivity index (χ4n) is 2.18. The first-order valence-corrected chi connectivity index (χ1v) is 9.34. The fourth-order valence-corrected chi connectivity index (χ4v) is 3.06. The SMILES string of the molecule is CCS(=O)(=O)c1ccc(C(=O)NC[C@H](O)c2ccc(C)cc2)cc1. The zero-order valence-electron chi connectivity index (χ0n) is 13.7. The number of aliphatic hydroxyl groups excluding tert-OH is 1. The average molecular weight is 347 g/mol. The van der Waals surface area contributed by atoms with E-state index in [-0.39, 0.29) is 23.1 Å². The number of carbonyl (C=O) groups is 1. The number of hydrogen-bond donors (Lipinski definition) is 2. The van der Waals surface area contributed by atoms with Crippen molar-refractivity contribution >= 4 is 15.7 Å². The van der Waals surface area contributed by atoms with Crippen molar-refractivity contribution in [3.05, 3.63) is 65.2 Å². The number of rotatable bonds is 6. The van der Waals surface area contributed by atoms with Crippen molar-refractivity contribution in [1.82, 2.24) is 5.32 Å². The number of aryl methyl sites for hydroxylation is 1. The number of sulfone groups is 1. The van der Waals surface area contributed by atoms with E-state index in [2.05, 4.69) is 5.32 Å². The smallest absolute Gasteiger partial charge is 0.251 e. The minimum Gasteiger partial charge on any atom is -0.387 e. The van der Waals surface area contributed by atoms with Crippen LogP contribution in [0.15, 0.2) is 53.4 Å². The zero-order valence-corrected chi connectivity index (χ0v) is 14.5. The molecule has 2 aromatic carbocycles. The normalized spacial score (nSPS) is 12.6.